The first-order valence-electron chi connectivity index (χ1n) is 12.4. The number of aromatic hydroxyl groups is 1. The lowest BCUT2D eigenvalue weighted by molar-refractivity contribution is 0.0784. The molecule has 36 heavy (non-hydrogen) atoms. The molecule has 1 aliphatic carbocycles. The van der Waals surface area contributed by atoms with Crippen molar-refractivity contribution in [2.75, 3.05) is 27.3 Å². The molecule has 8 heteroatoms. The predicted molar refractivity (Wildman–Crippen MR) is 136 cm³/mol. The molecular formula is C28H31N3O5. The molecule has 5 rings (SSSR count). The number of aromatic nitrogens is 2. The van der Waals surface area contributed by atoms with E-state index in [2.05, 4.69) is 17.1 Å². The smallest absolute Gasteiger partial charge is 0.289 e. The molecule has 2 heterocycles. The molecule has 1 aromatic heterocycles. The standard InChI is InChI=1S/C28H31N3O5/c1-35-21-13-8-14-22(36-2)24(21)31-25(19-11-6-7-12-19)29-26(32)23(28(31)34)27(33)30-16-15-20(17-30)18-9-4-3-5-10-18/h3-5,8-10,13-14,19-20,34H,6-7,11-12,15-17H2,1-2H3/t20-/m0/s1. The fraction of sp³-hybridized carbons (Fsp3) is 0.393. The largest absolute Gasteiger partial charge is 0.494 e. The zero-order valence-corrected chi connectivity index (χ0v) is 20.6. The van der Waals surface area contributed by atoms with Gasteiger partial charge in [0.05, 0.1) is 14.2 Å². The Morgan fingerprint density at radius 2 is 1.61 bits per heavy atom. The van der Waals surface area contributed by atoms with Crippen molar-refractivity contribution in [3.8, 4) is 23.1 Å². The van der Waals surface area contributed by atoms with Crippen molar-refractivity contribution < 1.29 is 19.4 Å². The Balaban J connectivity index is 1.62. The second kappa shape index (κ2) is 10.0. The fourth-order valence-electron chi connectivity index (χ4n) is 5.54. The van der Waals surface area contributed by atoms with E-state index < -0.39 is 17.3 Å². The van der Waals surface area contributed by atoms with Crippen LogP contribution in [0, 0.1) is 0 Å². The number of carbonyl (C=O) groups excluding carboxylic acids is 1. The van der Waals surface area contributed by atoms with Gasteiger partial charge in [0.2, 0.25) is 5.88 Å². The molecule has 0 radical (unpaired) electrons. The van der Waals surface area contributed by atoms with Gasteiger partial charge in [0.15, 0.2) is 5.56 Å². The SMILES string of the molecule is COc1cccc(OC)c1-n1c(C2CCCC2)nc(=O)c(C(=O)N2CC[C@H](c3ccccc3)C2)c1O. The number of nitrogens with zero attached hydrogens (tertiary/aromatic N) is 3. The van der Waals surface area contributed by atoms with E-state index in [1.165, 1.54) is 18.8 Å². The Labute approximate surface area is 210 Å². The van der Waals surface area contributed by atoms with Crippen LogP contribution in [0.5, 0.6) is 17.4 Å². The lowest BCUT2D eigenvalue weighted by Gasteiger charge is -2.24. The molecule has 1 saturated carbocycles. The lowest BCUT2D eigenvalue weighted by atomic mass is 9.99. The number of rotatable bonds is 6. The molecule has 0 unspecified atom stereocenters. The first-order chi connectivity index (χ1) is 17.5. The number of carbonyl (C=O) groups is 1. The molecular weight excluding hydrogens is 458 g/mol. The zero-order valence-electron chi connectivity index (χ0n) is 20.6. The van der Waals surface area contributed by atoms with Crippen LogP contribution in [0.2, 0.25) is 0 Å². The summed E-state index contributed by atoms with van der Waals surface area (Å²) in [7, 11) is 3.06. The number of methoxy groups -OCH3 is 2. The Bertz CT molecular complexity index is 1290. The van der Waals surface area contributed by atoms with Gasteiger partial charge in [0.1, 0.15) is 23.0 Å². The van der Waals surface area contributed by atoms with Crippen molar-refractivity contribution in [3.63, 3.8) is 0 Å². The molecule has 2 fully saturated rings. The minimum atomic E-state index is -0.701. The molecule has 0 spiro atoms. The molecule has 2 aliphatic rings. The summed E-state index contributed by atoms with van der Waals surface area (Å²) < 4.78 is 12.7. The molecule has 1 atom stereocenters. The van der Waals surface area contributed by atoms with Gasteiger partial charge in [-0.15, -0.1) is 0 Å². The monoisotopic (exact) mass is 489 g/mol. The van der Waals surface area contributed by atoms with Gasteiger partial charge < -0.3 is 19.5 Å². The average molecular weight is 490 g/mol. The van der Waals surface area contributed by atoms with Crippen LogP contribution < -0.4 is 15.0 Å². The molecule has 1 amide bonds. The maximum atomic E-state index is 13.6. The Kier molecular flexibility index (Phi) is 6.67. The molecule has 1 N–H and O–H groups in total. The summed E-state index contributed by atoms with van der Waals surface area (Å²) in [5, 5.41) is 11.6. The van der Waals surface area contributed by atoms with E-state index >= 15 is 0 Å². The summed E-state index contributed by atoms with van der Waals surface area (Å²) in [6.07, 6.45) is 4.51. The van der Waals surface area contributed by atoms with Gasteiger partial charge in [0.25, 0.3) is 11.5 Å². The van der Waals surface area contributed by atoms with Crippen LogP contribution >= 0.6 is 0 Å². The van der Waals surface area contributed by atoms with Crippen LogP contribution in [0.15, 0.2) is 53.3 Å². The molecule has 1 aliphatic heterocycles. The first-order valence-corrected chi connectivity index (χ1v) is 12.4. The third-order valence-corrected chi connectivity index (χ3v) is 7.40. The van der Waals surface area contributed by atoms with E-state index in [4.69, 9.17) is 9.47 Å². The zero-order chi connectivity index (χ0) is 25.2. The van der Waals surface area contributed by atoms with E-state index in [0.717, 1.165) is 37.7 Å². The van der Waals surface area contributed by atoms with Gasteiger partial charge in [-0.1, -0.05) is 49.2 Å². The lowest BCUT2D eigenvalue weighted by Crippen LogP contribution is -2.35. The number of ether oxygens (including phenoxy) is 2. The Morgan fingerprint density at radius 1 is 0.944 bits per heavy atom. The normalized spacial score (nSPS) is 17.9. The van der Waals surface area contributed by atoms with Crippen LogP contribution in [0.25, 0.3) is 5.69 Å². The van der Waals surface area contributed by atoms with Crippen LogP contribution in [-0.2, 0) is 0 Å². The highest BCUT2D eigenvalue weighted by atomic mass is 16.5. The minimum absolute atomic E-state index is 0.0170. The summed E-state index contributed by atoms with van der Waals surface area (Å²) in [6.45, 7) is 0.976. The van der Waals surface area contributed by atoms with Crippen molar-refractivity contribution in [1.82, 2.24) is 14.5 Å². The Morgan fingerprint density at radius 3 is 2.25 bits per heavy atom. The minimum Gasteiger partial charge on any atom is -0.494 e. The number of benzene rings is 2. The van der Waals surface area contributed by atoms with Gasteiger partial charge in [0, 0.05) is 24.9 Å². The van der Waals surface area contributed by atoms with Crippen molar-refractivity contribution >= 4 is 5.91 Å². The van der Waals surface area contributed by atoms with Gasteiger partial charge in [-0.05, 0) is 37.0 Å². The number of para-hydroxylation sites is 1. The maximum Gasteiger partial charge on any atom is 0.289 e. The summed E-state index contributed by atoms with van der Waals surface area (Å²) >= 11 is 0. The molecule has 3 aromatic rings. The van der Waals surface area contributed by atoms with E-state index in [1.807, 2.05) is 18.2 Å². The maximum absolute atomic E-state index is 13.6. The topological polar surface area (TPSA) is 93.9 Å². The summed E-state index contributed by atoms with van der Waals surface area (Å²) in [5.41, 5.74) is 0.557. The number of likely N-dealkylation sites (tertiary alicyclic amines) is 1. The van der Waals surface area contributed by atoms with Gasteiger partial charge in [-0.25, -0.2) is 0 Å². The van der Waals surface area contributed by atoms with E-state index in [1.54, 1.807) is 23.1 Å². The van der Waals surface area contributed by atoms with Crippen LogP contribution in [0.4, 0.5) is 0 Å². The van der Waals surface area contributed by atoms with E-state index in [0.29, 0.717) is 36.1 Å². The summed E-state index contributed by atoms with van der Waals surface area (Å²) in [5.74, 6) is 0.544. The molecule has 188 valence electrons. The van der Waals surface area contributed by atoms with Gasteiger partial charge in [-0.3, -0.25) is 14.2 Å². The van der Waals surface area contributed by atoms with Crippen LogP contribution in [0.1, 0.15) is 65.7 Å². The van der Waals surface area contributed by atoms with Gasteiger partial charge >= 0.3 is 0 Å². The first kappa shape index (κ1) is 23.9. The fourth-order valence-corrected chi connectivity index (χ4v) is 5.54. The summed E-state index contributed by atoms with van der Waals surface area (Å²) in [6, 6.07) is 15.3. The average Bonchev–Trinajstić information content (AvgIpc) is 3.61. The van der Waals surface area contributed by atoms with Crippen molar-refractivity contribution in [1.29, 1.82) is 0 Å². The predicted octanol–water partition coefficient (Wildman–Crippen LogP) is 4.24. The third-order valence-electron chi connectivity index (χ3n) is 7.40. The highest BCUT2D eigenvalue weighted by Crippen LogP contribution is 2.41. The molecule has 0 bridgehead atoms. The van der Waals surface area contributed by atoms with Crippen molar-refractivity contribution in [3.05, 3.63) is 75.8 Å². The highest BCUT2D eigenvalue weighted by molar-refractivity contribution is 5.96. The van der Waals surface area contributed by atoms with E-state index in [9.17, 15) is 14.7 Å². The van der Waals surface area contributed by atoms with Crippen molar-refractivity contribution in [2.24, 2.45) is 0 Å². The van der Waals surface area contributed by atoms with Crippen LogP contribution in [0.3, 0.4) is 0 Å². The van der Waals surface area contributed by atoms with Gasteiger partial charge in [-0.2, -0.15) is 4.98 Å². The third kappa shape index (κ3) is 4.21. The number of amides is 1. The highest BCUT2D eigenvalue weighted by Gasteiger charge is 2.35. The number of hydrogen-bond donors (Lipinski definition) is 1. The second-order valence-corrected chi connectivity index (χ2v) is 9.45. The molecule has 8 nitrogen and oxygen atoms in total. The van der Waals surface area contributed by atoms with E-state index in [-0.39, 0.29) is 17.4 Å². The molecule has 1 saturated heterocycles. The Hall–Kier alpha value is -3.81. The van der Waals surface area contributed by atoms with Crippen LogP contribution in [-0.4, -0.2) is 52.8 Å². The molecule has 2 aromatic carbocycles. The quantitative estimate of drug-likeness (QED) is 0.557. The van der Waals surface area contributed by atoms with Crippen molar-refractivity contribution in [2.45, 2.75) is 43.9 Å². The second-order valence-electron chi connectivity index (χ2n) is 9.45. The summed E-state index contributed by atoms with van der Waals surface area (Å²) in [4.78, 5) is 32.9. The number of hydrogen-bond acceptors (Lipinski definition) is 6.